The third kappa shape index (κ3) is 2.10. The number of rotatable bonds is 5. The number of benzene rings is 1. The topological polar surface area (TPSA) is 37.2 Å². The number of aliphatic hydroxyl groups is 1. The average molecular weight is 218 g/mol. The molecule has 1 aromatic carbocycles. The molecular formula is C13H18N2O. The number of nitrogens with one attached hydrogen (secondary N) is 1. The highest BCUT2D eigenvalue weighted by Crippen LogP contribution is 2.20. The van der Waals surface area contributed by atoms with Crippen LogP contribution in [-0.4, -0.2) is 22.8 Å². The van der Waals surface area contributed by atoms with Crippen LogP contribution in [0.5, 0.6) is 0 Å². The van der Waals surface area contributed by atoms with Gasteiger partial charge in [0.2, 0.25) is 0 Å². The zero-order valence-electron chi connectivity index (χ0n) is 9.61. The fourth-order valence-electron chi connectivity index (χ4n) is 2.03. The molecule has 0 aliphatic heterocycles. The molecule has 0 amide bonds. The minimum Gasteiger partial charge on any atom is -0.395 e. The van der Waals surface area contributed by atoms with E-state index in [4.69, 9.17) is 5.11 Å². The summed E-state index contributed by atoms with van der Waals surface area (Å²) in [6.45, 7) is 4.78. The summed E-state index contributed by atoms with van der Waals surface area (Å²) < 4.78 is 2.26. The SMILES string of the molecule is CCn1cc(CNCCO)c2ccccc21. The van der Waals surface area contributed by atoms with Crippen LogP contribution in [0.15, 0.2) is 30.5 Å². The Bertz CT molecular complexity index is 462. The first-order valence-electron chi connectivity index (χ1n) is 5.75. The normalized spacial score (nSPS) is 11.1. The second kappa shape index (κ2) is 5.14. The molecule has 0 atom stereocenters. The van der Waals surface area contributed by atoms with Crippen molar-refractivity contribution in [2.45, 2.75) is 20.0 Å². The van der Waals surface area contributed by atoms with E-state index in [0.29, 0.717) is 6.54 Å². The number of aliphatic hydroxyl groups excluding tert-OH is 1. The van der Waals surface area contributed by atoms with Gasteiger partial charge in [0.05, 0.1) is 6.61 Å². The van der Waals surface area contributed by atoms with Crippen LogP contribution in [0, 0.1) is 0 Å². The Morgan fingerprint density at radius 2 is 2.12 bits per heavy atom. The molecule has 0 radical (unpaired) electrons. The fraction of sp³-hybridized carbons (Fsp3) is 0.385. The van der Waals surface area contributed by atoms with Crippen LogP contribution in [-0.2, 0) is 13.1 Å². The molecule has 86 valence electrons. The van der Waals surface area contributed by atoms with Crippen LogP contribution >= 0.6 is 0 Å². The maximum absolute atomic E-state index is 8.74. The Morgan fingerprint density at radius 1 is 1.31 bits per heavy atom. The van der Waals surface area contributed by atoms with E-state index in [9.17, 15) is 0 Å². The van der Waals surface area contributed by atoms with Crippen molar-refractivity contribution in [3.63, 3.8) is 0 Å². The summed E-state index contributed by atoms with van der Waals surface area (Å²) in [7, 11) is 0. The van der Waals surface area contributed by atoms with Crippen LogP contribution in [0.25, 0.3) is 10.9 Å². The van der Waals surface area contributed by atoms with Crippen molar-refractivity contribution < 1.29 is 5.11 Å². The van der Waals surface area contributed by atoms with E-state index in [0.717, 1.165) is 13.1 Å². The molecule has 2 aromatic rings. The van der Waals surface area contributed by atoms with Gasteiger partial charge in [-0.3, -0.25) is 0 Å². The van der Waals surface area contributed by atoms with Crippen molar-refractivity contribution in [3.8, 4) is 0 Å². The van der Waals surface area contributed by atoms with Crippen molar-refractivity contribution in [2.75, 3.05) is 13.2 Å². The number of nitrogens with zero attached hydrogens (tertiary/aromatic N) is 1. The van der Waals surface area contributed by atoms with Crippen molar-refractivity contribution in [3.05, 3.63) is 36.0 Å². The molecular weight excluding hydrogens is 200 g/mol. The van der Waals surface area contributed by atoms with Crippen LogP contribution in [0.2, 0.25) is 0 Å². The standard InChI is InChI=1S/C13H18N2O/c1-2-15-10-11(9-14-7-8-16)12-5-3-4-6-13(12)15/h3-6,10,14,16H,2,7-9H2,1H3. The Morgan fingerprint density at radius 3 is 2.88 bits per heavy atom. The van der Waals surface area contributed by atoms with Crippen LogP contribution in [0.1, 0.15) is 12.5 Å². The molecule has 0 fully saturated rings. The van der Waals surface area contributed by atoms with Gasteiger partial charge in [-0.15, -0.1) is 0 Å². The molecule has 3 nitrogen and oxygen atoms in total. The average Bonchev–Trinajstić information content (AvgIpc) is 2.68. The quantitative estimate of drug-likeness (QED) is 0.750. The van der Waals surface area contributed by atoms with Gasteiger partial charge in [0.1, 0.15) is 0 Å². The Hall–Kier alpha value is -1.32. The van der Waals surface area contributed by atoms with Gasteiger partial charge in [-0.2, -0.15) is 0 Å². The molecule has 2 rings (SSSR count). The summed E-state index contributed by atoms with van der Waals surface area (Å²) in [5, 5.41) is 13.3. The van der Waals surface area contributed by atoms with Gasteiger partial charge in [-0.05, 0) is 18.6 Å². The summed E-state index contributed by atoms with van der Waals surface area (Å²) in [5.74, 6) is 0. The number of aryl methyl sites for hydroxylation is 1. The van der Waals surface area contributed by atoms with Crippen molar-refractivity contribution >= 4 is 10.9 Å². The van der Waals surface area contributed by atoms with Crippen LogP contribution in [0.3, 0.4) is 0 Å². The third-order valence-corrected chi connectivity index (χ3v) is 2.82. The zero-order valence-corrected chi connectivity index (χ0v) is 9.61. The van der Waals surface area contributed by atoms with E-state index < -0.39 is 0 Å². The summed E-state index contributed by atoms with van der Waals surface area (Å²) >= 11 is 0. The summed E-state index contributed by atoms with van der Waals surface area (Å²) in [6, 6.07) is 8.43. The summed E-state index contributed by atoms with van der Waals surface area (Å²) in [5.41, 5.74) is 2.58. The number of para-hydroxylation sites is 1. The molecule has 0 aliphatic carbocycles. The lowest BCUT2D eigenvalue weighted by atomic mass is 10.2. The second-order valence-corrected chi connectivity index (χ2v) is 3.86. The predicted molar refractivity (Wildman–Crippen MR) is 66.4 cm³/mol. The minimum atomic E-state index is 0.187. The lowest BCUT2D eigenvalue weighted by Crippen LogP contribution is -2.17. The van der Waals surface area contributed by atoms with Crippen LogP contribution < -0.4 is 5.32 Å². The Kier molecular flexibility index (Phi) is 3.59. The molecule has 0 spiro atoms. The van der Waals surface area contributed by atoms with Crippen molar-refractivity contribution in [1.82, 2.24) is 9.88 Å². The molecule has 16 heavy (non-hydrogen) atoms. The first-order chi connectivity index (χ1) is 7.86. The van der Waals surface area contributed by atoms with Gasteiger partial charge in [0.15, 0.2) is 0 Å². The highest BCUT2D eigenvalue weighted by molar-refractivity contribution is 5.83. The van der Waals surface area contributed by atoms with Gasteiger partial charge < -0.3 is 15.0 Å². The number of fused-ring (bicyclic) bond motifs is 1. The van der Waals surface area contributed by atoms with E-state index in [1.54, 1.807) is 0 Å². The monoisotopic (exact) mass is 218 g/mol. The first-order valence-corrected chi connectivity index (χ1v) is 5.75. The molecule has 0 aliphatic rings. The van der Waals surface area contributed by atoms with Crippen molar-refractivity contribution in [2.24, 2.45) is 0 Å². The van der Waals surface area contributed by atoms with E-state index in [2.05, 4.69) is 47.3 Å². The molecule has 0 unspecified atom stereocenters. The highest BCUT2D eigenvalue weighted by Gasteiger charge is 2.05. The minimum absolute atomic E-state index is 0.187. The van der Waals surface area contributed by atoms with E-state index in [1.165, 1.54) is 16.5 Å². The fourth-order valence-corrected chi connectivity index (χ4v) is 2.03. The second-order valence-electron chi connectivity index (χ2n) is 3.86. The summed E-state index contributed by atoms with van der Waals surface area (Å²) in [6.07, 6.45) is 2.19. The summed E-state index contributed by atoms with van der Waals surface area (Å²) in [4.78, 5) is 0. The lowest BCUT2D eigenvalue weighted by Gasteiger charge is -2.00. The van der Waals surface area contributed by atoms with Gasteiger partial charge in [0.25, 0.3) is 0 Å². The smallest absolute Gasteiger partial charge is 0.0556 e. The third-order valence-electron chi connectivity index (χ3n) is 2.82. The molecule has 0 bridgehead atoms. The van der Waals surface area contributed by atoms with E-state index >= 15 is 0 Å². The number of aromatic nitrogens is 1. The molecule has 1 aromatic heterocycles. The van der Waals surface area contributed by atoms with Crippen molar-refractivity contribution in [1.29, 1.82) is 0 Å². The largest absolute Gasteiger partial charge is 0.395 e. The van der Waals surface area contributed by atoms with Crippen LogP contribution in [0.4, 0.5) is 0 Å². The van der Waals surface area contributed by atoms with E-state index in [1.807, 2.05) is 0 Å². The molecule has 1 heterocycles. The van der Waals surface area contributed by atoms with Gasteiger partial charge in [-0.25, -0.2) is 0 Å². The maximum Gasteiger partial charge on any atom is 0.0556 e. The molecule has 2 N–H and O–H groups in total. The number of hydrogen-bond acceptors (Lipinski definition) is 2. The number of hydrogen-bond donors (Lipinski definition) is 2. The molecule has 0 saturated heterocycles. The Labute approximate surface area is 95.7 Å². The maximum atomic E-state index is 8.74. The molecule has 0 saturated carbocycles. The van der Waals surface area contributed by atoms with Gasteiger partial charge in [0, 0.05) is 36.7 Å². The lowest BCUT2D eigenvalue weighted by molar-refractivity contribution is 0.292. The first kappa shape index (κ1) is 11.2. The highest BCUT2D eigenvalue weighted by atomic mass is 16.3. The predicted octanol–water partition coefficient (Wildman–Crippen LogP) is 1.74. The van der Waals surface area contributed by atoms with E-state index in [-0.39, 0.29) is 6.61 Å². The Balaban J connectivity index is 2.30. The van der Waals surface area contributed by atoms with Gasteiger partial charge >= 0.3 is 0 Å². The zero-order chi connectivity index (χ0) is 11.4. The molecule has 3 heteroatoms. The van der Waals surface area contributed by atoms with Gasteiger partial charge in [-0.1, -0.05) is 18.2 Å².